The number of carbonyl (C=O) groups is 1. The number of allylic oxidation sites excluding steroid dienone is 1. The van der Waals surface area contributed by atoms with Gasteiger partial charge in [-0.2, -0.15) is 0 Å². The average molecular weight is 339 g/mol. The molecule has 0 spiro atoms. The van der Waals surface area contributed by atoms with Crippen molar-refractivity contribution in [1.82, 2.24) is 0 Å². The Bertz CT molecular complexity index is 502. The summed E-state index contributed by atoms with van der Waals surface area (Å²) in [7, 11) is 0. The molecule has 0 aromatic heterocycles. The SMILES string of the molecule is Cc1cc(O[C@H]2CC[C@H](C=CC(=O)O)CC2)ccc1Br. The monoisotopic (exact) mass is 338 g/mol. The first kappa shape index (κ1) is 15.1. The summed E-state index contributed by atoms with van der Waals surface area (Å²) in [6.07, 6.45) is 7.23. The van der Waals surface area contributed by atoms with E-state index in [9.17, 15) is 4.79 Å². The highest BCUT2D eigenvalue weighted by atomic mass is 79.9. The van der Waals surface area contributed by atoms with Gasteiger partial charge in [-0.15, -0.1) is 0 Å². The maximum Gasteiger partial charge on any atom is 0.327 e. The van der Waals surface area contributed by atoms with Crippen LogP contribution in [0.15, 0.2) is 34.8 Å². The number of halogens is 1. The predicted molar refractivity (Wildman–Crippen MR) is 82.0 cm³/mol. The average Bonchev–Trinajstić information content (AvgIpc) is 2.42. The van der Waals surface area contributed by atoms with E-state index >= 15 is 0 Å². The molecule has 1 aliphatic rings. The molecule has 0 saturated heterocycles. The van der Waals surface area contributed by atoms with Crippen molar-refractivity contribution in [2.75, 3.05) is 0 Å². The second-order valence-corrected chi connectivity index (χ2v) is 6.12. The van der Waals surface area contributed by atoms with Gasteiger partial charge >= 0.3 is 5.97 Å². The highest BCUT2D eigenvalue weighted by Crippen LogP contribution is 2.29. The zero-order valence-electron chi connectivity index (χ0n) is 11.5. The summed E-state index contributed by atoms with van der Waals surface area (Å²) in [6, 6.07) is 6.03. The summed E-state index contributed by atoms with van der Waals surface area (Å²) in [5.74, 6) is 0.418. The minimum atomic E-state index is -0.867. The van der Waals surface area contributed by atoms with Gasteiger partial charge in [0, 0.05) is 10.5 Å². The zero-order chi connectivity index (χ0) is 14.5. The van der Waals surface area contributed by atoms with Crippen LogP contribution in [0.4, 0.5) is 0 Å². The molecule has 1 fully saturated rings. The number of benzene rings is 1. The number of aliphatic carboxylic acids is 1. The number of ether oxygens (including phenoxy) is 1. The fourth-order valence-electron chi connectivity index (χ4n) is 2.50. The van der Waals surface area contributed by atoms with Crippen molar-refractivity contribution in [1.29, 1.82) is 0 Å². The fraction of sp³-hybridized carbons (Fsp3) is 0.438. The first-order chi connectivity index (χ1) is 9.54. The third-order valence-corrected chi connectivity index (χ3v) is 4.55. The van der Waals surface area contributed by atoms with Gasteiger partial charge in [-0.05, 0) is 62.3 Å². The number of carboxylic acid groups (broad SMARTS) is 1. The summed E-state index contributed by atoms with van der Waals surface area (Å²) in [4.78, 5) is 10.5. The van der Waals surface area contributed by atoms with Gasteiger partial charge in [0.2, 0.25) is 0 Å². The molecular formula is C16H19BrO3. The second-order valence-electron chi connectivity index (χ2n) is 5.26. The Morgan fingerprint density at radius 1 is 1.35 bits per heavy atom. The van der Waals surface area contributed by atoms with E-state index < -0.39 is 5.97 Å². The van der Waals surface area contributed by atoms with Crippen LogP contribution in [0.1, 0.15) is 31.2 Å². The molecule has 0 unspecified atom stereocenters. The topological polar surface area (TPSA) is 46.5 Å². The largest absolute Gasteiger partial charge is 0.490 e. The van der Waals surface area contributed by atoms with Gasteiger partial charge in [-0.25, -0.2) is 4.79 Å². The van der Waals surface area contributed by atoms with Crippen LogP contribution in [0.2, 0.25) is 0 Å². The lowest BCUT2D eigenvalue weighted by molar-refractivity contribution is -0.131. The Balaban J connectivity index is 1.85. The van der Waals surface area contributed by atoms with Crippen LogP contribution in [0, 0.1) is 12.8 Å². The smallest absolute Gasteiger partial charge is 0.327 e. The van der Waals surface area contributed by atoms with Gasteiger partial charge in [-0.3, -0.25) is 0 Å². The van der Waals surface area contributed by atoms with E-state index in [4.69, 9.17) is 9.84 Å². The van der Waals surface area contributed by atoms with Gasteiger partial charge < -0.3 is 9.84 Å². The van der Waals surface area contributed by atoms with Crippen LogP contribution in [0.3, 0.4) is 0 Å². The number of hydrogen-bond donors (Lipinski definition) is 1. The van der Waals surface area contributed by atoms with Crippen LogP contribution >= 0.6 is 15.9 Å². The summed E-state index contributed by atoms with van der Waals surface area (Å²) >= 11 is 3.48. The van der Waals surface area contributed by atoms with E-state index in [1.165, 1.54) is 11.6 Å². The van der Waals surface area contributed by atoms with Gasteiger partial charge in [0.15, 0.2) is 0 Å². The number of hydrogen-bond acceptors (Lipinski definition) is 2. The molecule has 20 heavy (non-hydrogen) atoms. The number of aryl methyl sites for hydroxylation is 1. The van der Waals surface area contributed by atoms with Crippen molar-refractivity contribution >= 4 is 21.9 Å². The Morgan fingerprint density at radius 2 is 2.05 bits per heavy atom. The molecular weight excluding hydrogens is 320 g/mol. The van der Waals surface area contributed by atoms with Crippen molar-refractivity contribution in [2.24, 2.45) is 5.92 Å². The van der Waals surface area contributed by atoms with Crippen molar-refractivity contribution < 1.29 is 14.6 Å². The third kappa shape index (κ3) is 4.37. The Kier molecular flexibility index (Phi) is 5.24. The maximum atomic E-state index is 10.5. The highest BCUT2D eigenvalue weighted by Gasteiger charge is 2.21. The molecule has 1 aromatic rings. The number of rotatable bonds is 4. The normalized spacial score (nSPS) is 22.9. The van der Waals surface area contributed by atoms with Crippen molar-refractivity contribution in [3.05, 3.63) is 40.4 Å². The first-order valence-electron chi connectivity index (χ1n) is 6.88. The molecule has 2 rings (SSSR count). The van der Waals surface area contributed by atoms with Gasteiger partial charge in [0.1, 0.15) is 5.75 Å². The Labute approximate surface area is 127 Å². The highest BCUT2D eigenvalue weighted by molar-refractivity contribution is 9.10. The standard InChI is InChI=1S/C16H19BrO3/c1-11-10-14(7-8-15(11)17)20-13-5-2-12(3-6-13)4-9-16(18)19/h4,7-10,12-13H,2-3,5-6H2,1H3,(H,18,19)/t12-,13-. The molecule has 1 aromatic carbocycles. The minimum Gasteiger partial charge on any atom is -0.490 e. The maximum absolute atomic E-state index is 10.5. The Morgan fingerprint density at radius 3 is 2.65 bits per heavy atom. The van der Waals surface area contributed by atoms with Crippen molar-refractivity contribution in [3.8, 4) is 5.75 Å². The van der Waals surface area contributed by atoms with E-state index in [-0.39, 0.29) is 6.10 Å². The van der Waals surface area contributed by atoms with E-state index in [2.05, 4.69) is 15.9 Å². The predicted octanol–water partition coefficient (Wildman–Crippen LogP) is 4.34. The molecule has 108 valence electrons. The summed E-state index contributed by atoms with van der Waals surface area (Å²) in [6.45, 7) is 2.05. The lowest BCUT2D eigenvalue weighted by Gasteiger charge is -2.27. The van der Waals surface area contributed by atoms with Gasteiger partial charge in [-0.1, -0.05) is 22.0 Å². The van der Waals surface area contributed by atoms with E-state index in [1.54, 1.807) is 0 Å². The van der Waals surface area contributed by atoms with Crippen LogP contribution in [0.25, 0.3) is 0 Å². The number of carboxylic acids is 1. The van der Waals surface area contributed by atoms with E-state index in [0.29, 0.717) is 5.92 Å². The minimum absolute atomic E-state index is 0.241. The molecule has 4 heteroatoms. The summed E-state index contributed by atoms with van der Waals surface area (Å²) in [5.41, 5.74) is 1.17. The van der Waals surface area contributed by atoms with Crippen molar-refractivity contribution in [3.63, 3.8) is 0 Å². The molecule has 0 heterocycles. The van der Waals surface area contributed by atoms with Gasteiger partial charge in [0.25, 0.3) is 0 Å². The quantitative estimate of drug-likeness (QED) is 0.831. The van der Waals surface area contributed by atoms with Crippen molar-refractivity contribution in [2.45, 2.75) is 38.7 Å². The van der Waals surface area contributed by atoms with E-state index in [0.717, 1.165) is 35.9 Å². The second kappa shape index (κ2) is 6.93. The molecule has 1 aliphatic carbocycles. The molecule has 0 radical (unpaired) electrons. The molecule has 0 aliphatic heterocycles. The first-order valence-corrected chi connectivity index (χ1v) is 7.68. The van der Waals surface area contributed by atoms with Crippen LogP contribution < -0.4 is 4.74 Å². The summed E-state index contributed by atoms with van der Waals surface area (Å²) < 4.78 is 7.09. The van der Waals surface area contributed by atoms with E-state index in [1.807, 2.05) is 31.2 Å². The lowest BCUT2D eigenvalue weighted by Crippen LogP contribution is -2.23. The third-order valence-electron chi connectivity index (χ3n) is 3.66. The molecule has 3 nitrogen and oxygen atoms in total. The molecule has 1 saturated carbocycles. The lowest BCUT2D eigenvalue weighted by atomic mass is 9.87. The fourth-order valence-corrected chi connectivity index (χ4v) is 2.75. The molecule has 0 amide bonds. The van der Waals surface area contributed by atoms with Crippen LogP contribution in [-0.4, -0.2) is 17.2 Å². The summed E-state index contributed by atoms with van der Waals surface area (Å²) in [5, 5.41) is 8.62. The molecule has 1 N–H and O–H groups in total. The molecule has 0 bridgehead atoms. The Hall–Kier alpha value is -1.29. The zero-order valence-corrected chi connectivity index (χ0v) is 13.1. The van der Waals surface area contributed by atoms with Gasteiger partial charge in [0.05, 0.1) is 6.10 Å². The molecule has 0 atom stereocenters. The van der Waals surface area contributed by atoms with Crippen LogP contribution in [-0.2, 0) is 4.79 Å². The van der Waals surface area contributed by atoms with Crippen LogP contribution in [0.5, 0.6) is 5.75 Å².